The summed E-state index contributed by atoms with van der Waals surface area (Å²) in [6.07, 6.45) is 17.8. The van der Waals surface area contributed by atoms with Gasteiger partial charge in [0, 0.05) is 0 Å². The van der Waals surface area contributed by atoms with E-state index in [0.717, 1.165) is 11.8 Å². The van der Waals surface area contributed by atoms with E-state index >= 15 is 0 Å². The number of hydrogen-bond donors (Lipinski definition) is 0. The molecule has 2 rings (SSSR count). The molecule has 0 aromatic rings. The first-order valence-electron chi connectivity index (χ1n) is 8.59. The average Bonchev–Trinajstić information content (AvgIpc) is 3.04. The van der Waals surface area contributed by atoms with Gasteiger partial charge in [-0.2, -0.15) is 0 Å². The number of hydrogen-bond acceptors (Lipinski definition) is 0. The molecule has 0 nitrogen and oxygen atoms in total. The Labute approximate surface area is 143 Å². The molecular formula is C20H30Zr. The van der Waals surface area contributed by atoms with Crippen molar-refractivity contribution in [3.05, 3.63) is 42.0 Å². The molecule has 0 radical (unpaired) electrons. The number of rotatable bonds is 8. The third kappa shape index (κ3) is 6.23. The van der Waals surface area contributed by atoms with Gasteiger partial charge in [-0.15, -0.1) is 0 Å². The van der Waals surface area contributed by atoms with Crippen LogP contribution in [0.15, 0.2) is 42.0 Å². The molecule has 0 spiro atoms. The molecule has 2 aliphatic carbocycles. The molecule has 0 aromatic carbocycles. The van der Waals surface area contributed by atoms with Crippen molar-refractivity contribution in [2.75, 3.05) is 0 Å². The zero-order chi connectivity index (χ0) is 15.2. The standard InChI is InChI=1S/2C10H15.Zr/c2*1-9(2)7-8-10-5-3-4-6-10;/h2*5-6,9H,3,7-8H2,1-2H3;. The maximum atomic E-state index is 2.54. The fraction of sp³-hybridized carbons (Fsp3) is 0.600. The van der Waals surface area contributed by atoms with Crippen LogP contribution >= 0.6 is 0 Å². The monoisotopic (exact) mass is 360 g/mol. The van der Waals surface area contributed by atoms with Crippen LogP contribution in [0, 0.1) is 11.8 Å². The zero-order valence-electron chi connectivity index (χ0n) is 14.2. The van der Waals surface area contributed by atoms with Crippen molar-refractivity contribution >= 4 is 0 Å². The summed E-state index contributed by atoms with van der Waals surface area (Å²) in [4.78, 5) is 0. The van der Waals surface area contributed by atoms with Crippen LogP contribution in [0.25, 0.3) is 0 Å². The topological polar surface area (TPSA) is 0 Å². The van der Waals surface area contributed by atoms with Gasteiger partial charge < -0.3 is 0 Å². The molecule has 2 aliphatic rings. The van der Waals surface area contributed by atoms with Gasteiger partial charge >= 0.3 is 143 Å². The van der Waals surface area contributed by atoms with Crippen LogP contribution in [0.2, 0.25) is 0 Å². The SMILES string of the molecule is CC(C)CCC1=CC[C]([Zr][C]2=CC(CCC(C)C)=CC2)=C1. The fourth-order valence-electron chi connectivity index (χ4n) is 2.80. The molecule has 0 N–H and O–H groups in total. The Morgan fingerprint density at radius 1 is 0.810 bits per heavy atom. The van der Waals surface area contributed by atoms with Gasteiger partial charge in [-0.3, -0.25) is 0 Å². The molecule has 0 amide bonds. The first-order chi connectivity index (χ1) is 10.0. The van der Waals surface area contributed by atoms with Gasteiger partial charge in [0.2, 0.25) is 0 Å². The molecule has 0 heterocycles. The molecule has 0 unspecified atom stereocenters. The Balaban J connectivity index is 1.77. The van der Waals surface area contributed by atoms with E-state index in [1.807, 2.05) is 0 Å². The average molecular weight is 362 g/mol. The first-order valence-corrected chi connectivity index (χ1v) is 11.0. The zero-order valence-corrected chi connectivity index (χ0v) is 16.7. The van der Waals surface area contributed by atoms with E-state index in [1.165, 1.54) is 38.5 Å². The van der Waals surface area contributed by atoms with Crippen LogP contribution in [0.5, 0.6) is 0 Å². The molecule has 0 saturated carbocycles. The molecule has 21 heavy (non-hydrogen) atoms. The molecule has 0 bridgehead atoms. The van der Waals surface area contributed by atoms with Crippen LogP contribution in [0.4, 0.5) is 0 Å². The molecule has 0 fully saturated rings. The molecular weight excluding hydrogens is 331 g/mol. The van der Waals surface area contributed by atoms with Crippen molar-refractivity contribution in [2.45, 2.75) is 66.2 Å². The van der Waals surface area contributed by atoms with Crippen molar-refractivity contribution in [2.24, 2.45) is 11.8 Å². The van der Waals surface area contributed by atoms with Crippen molar-refractivity contribution < 1.29 is 23.2 Å². The molecule has 0 aliphatic heterocycles. The van der Waals surface area contributed by atoms with E-state index in [4.69, 9.17) is 0 Å². The summed E-state index contributed by atoms with van der Waals surface area (Å²) >= 11 is -0.457. The minimum absolute atomic E-state index is 0.457. The Kier molecular flexibility index (Phi) is 6.94. The summed E-state index contributed by atoms with van der Waals surface area (Å²) in [5.74, 6) is 1.65. The van der Waals surface area contributed by atoms with E-state index in [0.29, 0.717) is 0 Å². The van der Waals surface area contributed by atoms with Crippen LogP contribution in [-0.2, 0) is 23.2 Å². The van der Waals surface area contributed by atoms with Gasteiger partial charge in [-0.25, -0.2) is 0 Å². The predicted molar refractivity (Wildman–Crippen MR) is 89.7 cm³/mol. The third-order valence-electron chi connectivity index (χ3n) is 4.23. The third-order valence-corrected chi connectivity index (χ3v) is 7.52. The van der Waals surface area contributed by atoms with Crippen LogP contribution in [0.3, 0.4) is 0 Å². The normalized spacial score (nSPS) is 18.0. The van der Waals surface area contributed by atoms with Gasteiger partial charge in [0.05, 0.1) is 0 Å². The Bertz CT molecular complexity index is 428. The molecule has 1 heteroatoms. The van der Waals surface area contributed by atoms with Gasteiger partial charge in [-0.05, 0) is 0 Å². The van der Waals surface area contributed by atoms with Crippen LogP contribution in [-0.4, -0.2) is 0 Å². The first kappa shape index (κ1) is 17.2. The maximum absolute atomic E-state index is 2.54. The fourth-order valence-corrected chi connectivity index (χ4v) is 6.09. The summed E-state index contributed by atoms with van der Waals surface area (Å²) in [7, 11) is 0. The van der Waals surface area contributed by atoms with Crippen molar-refractivity contribution in [1.29, 1.82) is 0 Å². The second kappa shape index (κ2) is 8.47. The molecule has 0 saturated heterocycles. The second-order valence-corrected chi connectivity index (χ2v) is 11.1. The van der Waals surface area contributed by atoms with Gasteiger partial charge in [0.1, 0.15) is 0 Å². The van der Waals surface area contributed by atoms with Gasteiger partial charge in [-0.1, -0.05) is 0 Å². The van der Waals surface area contributed by atoms with Gasteiger partial charge in [0.25, 0.3) is 0 Å². The van der Waals surface area contributed by atoms with Gasteiger partial charge in [0.15, 0.2) is 0 Å². The number of allylic oxidation sites excluding steroid dienone is 8. The molecule has 0 aromatic heterocycles. The van der Waals surface area contributed by atoms with E-state index in [9.17, 15) is 0 Å². The van der Waals surface area contributed by atoms with E-state index in [2.05, 4.69) is 52.0 Å². The predicted octanol–water partition coefficient (Wildman–Crippen LogP) is 6.37. The van der Waals surface area contributed by atoms with Crippen molar-refractivity contribution in [3.63, 3.8) is 0 Å². The summed E-state index contributed by atoms with van der Waals surface area (Å²) < 4.78 is 3.59. The van der Waals surface area contributed by atoms with Crippen molar-refractivity contribution in [3.8, 4) is 0 Å². The Hall–Kier alpha value is -0.157. The minimum atomic E-state index is -0.457. The Morgan fingerprint density at radius 3 is 1.62 bits per heavy atom. The molecule has 114 valence electrons. The summed E-state index contributed by atoms with van der Waals surface area (Å²) in [6, 6.07) is 0. The van der Waals surface area contributed by atoms with Crippen LogP contribution < -0.4 is 0 Å². The van der Waals surface area contributed by atoms with E-state index in [-0.39, 0.29) is 0 Å². The van der Waals surface area contributed by atoms with E-state index < -0.39 is 23.2 Å². The summed E-state index contributed by atoms with van der Waals surface area (Å²) in [6.45, 7) is 9.30. The second-order valence-electron chi connectivity index (χ2n) is 7.30. The quantitative estimate of drug-likeness (QED) is 0.471. The van der Waals surface area contributed by atoms with Crippen LogP contribution in [0.1, 0.15) is 66.2 Å². The van der Waals surface area contributed by atoms with Crippen molar-refractivity contribution in [1.82, 2.24) is 0 Å². The molecule has 0 atom stereocenters. The Morgan fingerprint density at radius 2 is 1.24 bits per heavy atom. The van der Waals surface area contributed by atoms with E-state index in [1.54, 1.807) is 17.7 Å². The summed E-state index contributed by atoms with van der Waals surface area (Å²) in [5, 5.41) is 0. The summed E-state index contributed by atoms with van der Waals surface area (Å²) in [5.41, 5.74) is 3.23.